The number of hydrazine groups is 1. The molecule has 1 amide bonds. The summed E-state index contributed by atoms with van der Waals surface area (Å²) in [5, 5.41) is 31.8. The van der Waals surface area contributed by atoms with Crippen molar-refractivity contribution in [2.45, 2.75) is 43.9 Å². The number of thiol groups is 1. The molecule has 2 aliphatic rings. The van der Waals surface area contributed by atoms with Gasteiger partial charge in [0.1, 0.15) is 12.2 Å². The van der Waals surface area contributed by atoms with Gasteiger partial charge in [-0.15, -0.1) is 0 Å². The third-order valence-electron chi connectivity index (χ3n) is 4.51. The molecule has 0 spiro atoms. The van der Waals surface area contributed by atoms with Crippen LogP contribution < -0.4 is 11.2 Å². The molecule has 3 rings (SSSR count). The lowest BCUT2D eigenvalue weighted by atomic mass is 10.1. The normalized spacial score (nSPS) is 29.5. The number of piperidine rings is 1. The zero-order valence-corrected chi connectivity index (χ0v) is 14.7. The van der Waals surface area contributed by atoms with Crippen molar-refractivity contribution in [3.05, 3.63) is 22.7 Å². The molecule has 1 aromatic heterocycles. The summed E-state index contributed by atoms with van der Waals surface area (Å²) in [7, 11) is 0. The minimum absolute atomic E-state index is 0.0729. The summed E-state index contributed by atoms with van der Waals surface area (Å²) in [5.41, 5.74) is 0.941. The van der Waals surface area contributed by atoms with Crippen LogP contribution in [-0.4, -0.2) is 71.8 Å². The number of aliphatic hydroxyl groups is 2. The maximum Gasteiger partial charge on any atom is 0.351 e. The molecule has 11 nitrogen and oxygen atoms in total. The predicted octanol–water partition coefficient (Wildman–Crippen LogP) is -0.626. The molecule has 0 aliphatic carbocycles. The van der Waals surface area contributed by atoms with Crippen molar-refractivity contribution in [2.24, 2.45) is 0 Å². The SMILES string of the molecule is O=C(S)N([C@@H]1O[C@@H](n2ccc(NO)nc2=O)[C@H](O)[C@@H]1O)N1CCCCC1. The van der Waals surface area contributed by atoms with Gasteiger partial charge in [-0.1, -0.05) is 19.0 Å². The number of ether oxygens (including phenoxy) is 1. The summed E-state index contributed by atoms with van der Waals surface area (Å²) < 4.78 is 6.64. The Labute approximate surface area is 154 Å². The summed E-state index contributed by atoms with van der Waals surface area (Å²) in [6.45, 7) is 1.19. The number of carbonyl (C=O) groups is 1. The highest BCUT2D eigenvalue weighted by Crippen LogP contribution is 2.32. The van der Waals surface area contributed by atoms with Crippen molar-refractivity contribution >= 4 is 23.7 Å². The van der Waals surface area contributed by atoms with Crippen molar-refractivity contribution in [2.75, 3.05) is 18.6 Å². The van der Waals surface area contributed by atoms with E-state index in [1.54, 1.807) is 10.5 Å². The van der Waals surface area contributed by atoms with Gasteiger partial charge in [-0.2, -0.15) is 4.98 Å². The van der Waals surface area contributed by atoms with Crippen molar-refractivity contribution in [3.8, 4) is 0 Å². The molecule has 4 N–H and O–H groups in total. The summed E-state index contributed by atoms with van der Waals surface area (Å²) in [4.78, 5) is 27.7. The number of hydrogen-bond acceptors (Lipinski definition) is 9. The van der Waals surface area contributed by atoms with E-state index in [1.807, 2.05) is 0 Å². The number of hydrogen-bond donors (Lipinski definition) is 5. The summed E-state index contributed by atoms with van der Waals surface area (Å²) in [5.74, 6) is -0.0729. The molecular weight excluding hydrogens is 366 g/mol. The van der Waals surface area contributed by atoms with Gasteiger partial charge in [-0.25, -0.2) is 14.8 Å². The van der Waals surface area contributed by atoms with Gasteiger partial charge in [0.05, 0.1) is 0 Å². The predicted molar refractivity (Wildman–Crippen MR) is 91.5 cm³/mol. The van der Waals surface area contributed by atoms with Crippen molar-refractivity contribution < 1.29 is 25.0 Å². The quantitative estimate of drug-likeness (QED) is 0.337. The van der Waals surface area contributed by atoms with Gasteiger partial charge in [0.15, 0.2) is 18.3 Å². The van der Waals surface area contributed by atoms with Crippen LogP contribution in [0.15, 0.2) is 17.1 Å². The third kappa shape index (κ3) is 3.56. The molecule has 3 heterocycles. The average Bonchev–Trinajstić information content (AvgIpc) is 2.91. The fourth-order valence-electron chi connectivity index (χ4n) is 3.23. The zero-order chi connectivity index (χ0) is 18.8. The highest BCUT2D eigenvalue weighted by Gasteiger charge is 2.49. The van der Waals surface area contributed by atoms with E-state index in [-0.39, 0.29) is 5.82 Å². The topological polar surface area (TPSA) is 140 Å². The summed E-state index contributed by atoms with van der Waals surface area (Å²) in [6, 6.07) is 1.29. The Morgan fingerprint density at radius 2 is 2.00 bits per heavy atom. The Hall–Kier alpha value is -1.70. The fourth-order valence-corrected chi connectivity index (χ4v) is 3.47. The lowest BCUT2D eigenvalue weighted by molar-refractivity contribution is -0.162. The number of amides is 1. The Morgan fingerprint density at radius 3 is 2.58 bits per heavy atom. The molecule has 12 heteroatoms. The van der Waals surface area contributed by atoms with Crippen LogP contribution in [0.3, 0.4) is 0 Å². The fraction of sp³-hybridized carbons (Fsp3) is 0.643. The first-order chi connectivity index (χ1) is 12.4. The molecule has 26 heavy (non-hydrogen) atoms. The van der Waals surface area contributed by atoms with E-state index in [9.17, 15) is 19.8 Å². The zero-order valence-electron chi connectivity index (χ0n) is 13.8. The largest absolute Gasteiger partial charge is 0.385 e. The van der Waals surface area contributed by atoms with Crippen LogP contribution in [0, 0.1) is 0 Å². The van der Waals surface area contributed by atoms with E-state index in [1.165, 1.54) is 17.3 Å². The Kier molecular flexibility index (Phi) is 5.79. The molecular formula is C14H21N5O6S. The Morgan fingerprint density at radius 1 is 1.31 bits per heavy atom. The molecule has 0 aromatic carbocycles. The van der Waals surface area contributed by atoms with Crippen LogP contribution in [0.25, 0.3) is 0 Å². The third-order valence-corrected chi connectivity index (χ3v) is 4.71. The lowest BCUT2D eigenvalue weighted by Crippen LogP contribution is -2.56. The van der Waals surface area contributed by atoms with Crippen LogP contribution in [0.4, 0.5) is 10.6 Å². The van der Waals surface area contributed by atoms with E-state index in [2.05, 4.69) is 17.6 Å². The monoisotopic (exact) mass is 387 g/mol. The second-order valence-corrected chi connectivity index (χ2v) is 6.54. The van der Waals surface area contributed by atoms with Crippen molar-refractivity contribution in [1.29, 1.82) is 0 Å². The van der Waals surface area contributed by atoms with Crippen LogP contribution in [0.2, 0.25) is 0 Å². The number of anilines is 1. The summed E-state index contributed by atoms with van der Waals surface area (Å²) >= 11 is 3.87. The maximum absolute atomic E-state index is 12.1. The highest BCUT2D eigenvalue weighted by molar-refractivity contribution is 7.96. The van der Waals surface area contributed by atoms with Crippen LogP contribution in [0.1, 0.15) is 25.5 Å². The standard InChI is InChI=1S/C14H21N5O6S/c20-9-10(21)12(19(14(23)26)17-5-2-1-3-6-17)25-11(9)18-7-4-8(16-24)15-13(18)22/h4,7,9-12,20-21,24H,1-3,5-6H2,(H,23,26)(H,15,16,22)/t9-,10+,11-,12-/m1/s1. The van der Waals surface area contributed by atoms with E-state index in [0.717, 1.165) is 23.8 Å². The molecule has 144 valence electrons. The van der Waals surface area contributed by atoms with Crippen LogP contribution >= 0.6 is 12.6 Å². The molecule has 0 saturated carbocycles. The van der Waals surface area contributed by atoms with Gasteiger partial charge in [-0.05, 0) is 18.9 Å². The first kappa shape index (κ1) is 19.1. The van der Waals surface area contributed by atoms with Crippen molar-refractivity contribution in [1.82, 2.24) is 19.6 Å². The lowest BCUT2D eigenvalue weighted by Gasteiger charge is -2.40. The smallest absolute Gasteiger partial charge is 0.351 e. The minimum Gasteiger partial charge on any atom is -0.385 e. The molecule has 2 aliphatic heterocycles. The second-order valence-electron chi connectivity index (χ2n) is 6.15. The molecule has 2 fully saturated rings. The minimum atomic E-state index is -1.47. The van der Waals surface area contributed by atoms with Crippen LogP contribution in [-0.2, 0) is 4.74 Å². The molecule has 1 aromatic rings. The number of rotatable bonds is 4. The van der Waals surface area contributed by atoms with Crippen molar-refractivity contribution in [3.63, 3.8) is 0 Å². The summed E-state index contributed by atoms with van der Waals surface area (Å²) in [6.07, 6.45) is -1.30. The Balaban J connectivity index is 1.86. The number of aromatic nitrogens is 2. The molecule has 2 saturated heterocycles. The second kappa shape index (κ2) is 7.90. The number of aliphatic hydroxyl groups excluding tert-OH is 2. The maximum atomic E-state index is 12.1. The first-order valence-corrected chi connectivity index (χ1v) is 8.66. The van der Waals surface area contributed by atoms with Gasteiger partial charge in [0.25, 0.3) is 5.24 Å². The van der Waals surface area contributed by atoms with E-state index in [4.69, 9.17) is 9.94 Å². The first-order valence-electron chi connectivity index (χ1n) is 8.22. The van der Waals surface area contributed by atoms with Gasteiger partial charge in [-0.3, -0.25) is 20.0 Å². The molecule has 0 unspecified atom stereocenters. The van der Waals surface area contributed by atoms with E-state index < -0.39 is 35.6 Å². The Bertz CT molecular complexity index is 711. The number of nitrogens with one attached hydrogen (secondary N) is 1. The van der Waals surface area contributed by atoms with Gasteiger partial charge >= 0.3 is 5.69 Å². The number of nitrogens with zero attached hydrogens (tertiary/aromatic N) is 4. The average molecular weight is 387 g/mol. The highest BCUT2D eigenvalue weighted by atomic mass is 32.1. The number of carbonyl (C=O) groups excluding carboxylic acids is 1. The molecule has 0 bridgehead atoms. The van der Waals surface area contributed by atoms with Gasteiger partial charge in [0, 0.05) is 19.3 Å². The van der Waals surface area contributed by atoms with Gasteiger partial charge in [0.2, 0.25) is 0 Å². The van der Waals surface area contributed by atoms with Gasteiger partial charge < -0.3 is 14.9 Å². The van der Waals surface area contributed by atoms with E-state index >= 15 is 0 Å². The van der Waals surface area contributed by atoms with E-state index in [0.29, 0.717) is 13.1 Å². The molecule has 4 atom stereocenters. The van der Waals surface area contributed by atoms with Crippen LogP contribution in [0.5, 0.6) is 0 Å². The molecule has 0 radical (unpaired) electrons.